The van der Waals surface area contributed by atoms with Crippen LogP contribution in [0, 0.1) is 5.92 Å². The third-order valence-corrected chi connectivity index (χ3v) is 19.2. The lowest BCUT2D eigenvalue weighted by Crippen LogP contribution is -2.47. The molecule has 314 valence electrons. The summed E-state index contributed by atoms with van der Waals surface area (Å²) >= 11 is 6.95. The molecule has 14 heteroatoms. The van der Waals surface area contributed by atoms with Crippen LogP contribution in [-0.4, -0.2) is 100 Å². The number of carbonyl (C=O) groups excluding carboxylic acids is 1. The predicted octanol–water partition coefficient (Wildman–Crippen LogP) is 9.39. The molecule has 57 heavy (non-hydrogen) atoms. The van der Waals surface area contributed by atoms with Gasteiger partial charge in [0.05, 0.1) is 43.2 Å². The van der Waals surface area contributed by atoms with Crippen LogP contribution in [0.15, 0.2) is 30.3 Å². The van der Waals surface area contributed by atoms with E-state index in [-0.39, 0.29) is 48.3 Å². The van der Waals surface area contributed by atoms with Crippen molar-refractivity contribution < 1.29 is 37.6 Å². The third-order valence-electron chi connectivity index (χ3n) is 12.8. The number of imidazole rings is 1. The van der Waals surface area contributed by atoms with Crippen LogP contribution < -0.4 is 4.74 Å². The van der Waals surface area contributed by atoms with Gasteiger partial charge in [0.2, 0.25) is 0 Å². The number of carbonyl (C=O) groups is 1. The quantitative estimate of drug-likeness (QED) is 0.0885. The highest BCUT2D eigenvalue weighted by atomic mass is 35.5. The number of benzene rings is 1. The second-order valence-electron chi connectivity index (χ2n) is 19.3. The van der Waals surface area contributed by atoms with Crippen LogP contribution in [0.1, 0.15) is 77.2 Å². The fraction of sp³-hybridized carbons (Fsp3) is 0.698. The first kappa shape index (κ1) is 42.7. The molecule has 3 aromatic rings. The van der Waals surface area contributed by atoms with Crippen LogP contribution in [0.25, 0.3) is 22.4 Å². The van der Waals surface area contributed by atoms with Gasteiger partial charge in [-0.15, -0.1) is 0 Å². The molecule has 2 aromatic heterocycles. The van der Waals surface area contributed by atoms with E-state index in [9.17, 15) is 4.79 Å². The Hall–Kier alpha value is -2.37. The summed E-state index contributed by atoms with van der Waals surface area (Å²) in [5, 5.41) is 0.604. The summed E-state index contributed by atoms with van der Waals surface area (Å²) in [4.78, 5) is 22.6. The van der Waals surface area contributed by atoms with Gasteiger partial charge in [-0.1, -0.05) is 76.3 Å². The maximum Gasteiger partial charge on any atom is 0.306 e. The molecule has 7 rings (SSSR count). The molecule has 4 aliphatic rings. The topological polar surface area (TPSA) is 112 Å². The lowest BCUT2D eigenvalue weighted by atomic mass is 9.77. The first-order valence-corrected chi connectivity index (χ1v) is 28.1. The van der Waals surface area contributed by atoms with Crippen molar-refractivity contribution in [3.63, 3.8) is 0 Å². The summed E-state index contributed by atoms with van der Waals surface area (Å²) in [6, 6.07) is 12.0. The van der Waals surface area contributed by atoms with Crippen molar-refractivity contribution in [2.45, 2.75) is 153 Å². The van der Waals surface area contributed by atoms with Crippen LogP contribution in [-0.2, 0) is 39.6 Å². The Morgan fingerprint density at radius 2 is 1.58 bits per heavy atom. The molecular formula is C43H64ClN3O8Si2. The van der Waals surface area contributed by atoms with Crippen LogP contribution >= 0.6 is 11.6 Å². The lowest BCUT2D eigenvalue weighted by Gasteiger charge is -2.39. The van der Waals surface area contributed by atoms with Crippen LogP contribution in [0.2, 0.25) is 48.8 Å². The van der Waals surface area contributed by atoms with Gasteiger partial charge in [-0.3, -0.25) is 9.36 Å². The summed E-state index contributed by atoms with van der Waals surface area (Å²) in [5.41, 5.74) is 4.21. The van der Waals surface area contributed by atoms with Gasteiger partial charge >= 0.3 is 12.0 Å². The molecule has 0 N–H and O–H groups in total. The molecule has 1 aliphatic carbocycles. The number of hydrogen-bond acceptors (Lipinski definition) is 10. The standard InChI is InChI=1S/C43H64ClN3O8Si2/c1-43(2,3)57(7,8)55-36-26-52-39-35(25-51-40(36)39)54-42-45-34-24-33(44)38(46-41(34)47(42)27-50-21-22-56(4,5)6)31-15-13-30(14-16-31)29-11-9-28(10-12-29)23-37(48)53-32-17-19-49-20-18-32/h13-16,24,28-29,32,35-36,39-40H,9-12,17-23,25-27H2,1-8H3/t28?,29?,35-,36-,39-,40-/m1/s1. The number of pyridine rings is 1. The third kappa shape index (κ3) is 10.3. The summed E-state index contributed by atoms with van der Waals surface area (Å²) in [6.45, 7) is 21.4. The second-order valence-corrected chi connectivity index (χ2v) is 30.1. The summed E-state index contributed by atoms with van der Waals surface area (Å²) in [6.07, 6.45) is 5.35. The Bertz CT molecular complexity index is 1830. The Morgan fingerprint density at radius 1 is 0.912 bits per heavy atom. The maximum absolute atomic E-state index is 12.6. The Labute approximate surface area is 345 Å². The van der Waals surface area contributed by atoms with Crippen molar-refractivity contribution in [1.82, 2.24) is 14.5 Å². The second kappa shape index (κ2) is 17.7. The van der Waals surface area contributed by atoms with E-state index in [0.717, 1.165) is 50.1 Å². The number of esters is 1. The molecule has 1 aromatic carbocycles. The van der Waals surface area contributed by atoms with E-state index in [1.807, 2.05) is 10.6 Å². The number of fused-ring (bicyclic) bond motifs is 2. The van der Waals surface area contributed by atoms with Gasteiger partial charge in [0.25, 0.3) is 0 Å². The van der Waals surface area contributed by atoms with E-state index in [1.165, 1.54) is 5.56 Å². The Kier molecular flexibility index (Phi) is 13.3. The minimum absolute atomic E-state index is 0.0116. The Balaban J connectivity index is 1.04. The monoisotopic (exact) mass is 841 g/mol. The van der Waals surface area contributed by atoms with E-state index in [1.54, 1.807) is 0 Å². The molecular weight excluding hydrogens is 778 g/mol. The van der Waals surface area contributed by atoms with Crippen molar-refractivity contribution in [3.05, 3.63) is 40.9 Å². The van der Waals surface area contributed by atoms with Crippen LogP contribution in [0.5, 0.6) is 6.01 Å². The van der Waals surface area contributed by atoms with Gasteiger partial charge in [0.1, 0.15) is 30.6 Å². The number of hydrogen-bond donors (Lipinski definition) is 0. The first-order chi connectivity index (χ1) is 27.0. The van der Waals surface area contributed by atoms with Gasteiger partial charge in [-0.25, -0.2) is 4.98 Å². The fourth-order valence-corrected chi connectivity index (χ4v) is 10.5. The number of aromatic nitrogens is 3. The van der Waals surface area contributed by atoms with Gasteiger partial charge in [0.15, 0.2) is 20.1 Å². The van der Waals surface area contributed by atoms with Crippen molar-refractivity contribution in [2.24, 2.45) is 5.92 Å². The fourth-order valence-electron chi connectivity index (χ4n) is 8.15. The molecule has 0 bridgehead atoms. The molecule has 4 atom stereocenters. The lowest BCUT2D eigenvalue weighted by molar-refractivity contribution is -0.154. The van der Waals surface area contributed by atoms with Gasteiger partial charge in [-0.05, 0) is 73.3 Å². The minimum Gasteiger partial charge on any atom is -0.462 e. The number of nitrogens with zero attached hydrogens (tertiary/aromatic N) is 3. The van der Waals surface area contributed by atoms with Gasteiger partial charge in [-0.2, -0.15) is 4.98 Å². The van der Waals surface area contributed by atoms with E-state index in [4.69, 9.17) is 54.4 Å². The normalized spacial score (nSPS) is 26.2. The van der Waals surface area contributed by atoms with E-state index >= 15 is 0 Å². The van der Waals surface area contributed by atoms with E-state index in [2.05, 4.69) is 77.8 Å². The minimum atomic E-state index is -2.02. The molecule has 11 nitrogen and oxygen atoms in total. The first-order valence-electron chi connectivity index (χ1n) is 21.1. The number of halogens is 1. The van der Waals surface area contributed by atoms with E-state index < -0.39 is 16.4 Å². The van der Waals surface area contributed by atoms with Gasteiger partial charge < -0.3 is 32.8 Å². The van der Waals surface area contributed by atoms with Crippen LogP contribution in [0.3, 0.4) is 0 Å². The van der Waals surface area contributed by atoms with Crippen molar-refractivity contribution in [3.8, 4) is 17.3 Å². The average Bonchev–Trinajstić information content (AvgIpc) is 3.84. The van der Waals surface area contributed by atoms with Crippen molar-refractivity contribution in [1.29, 1.82) is 0 Å². The summed E-state index contributed by atoms with van der Waals surface area (Å²) < 4.78 is 45.3. The average molecular weight is 843 g/mol. The highest BCUT2D eigenvalue weighted by Gasteiger charge is 2.52. The zero-order valence-corrected chi connectivity index (χ0v) is 38.1. The largest absolute Gasteiger partial charge is 0.462 e. The van der Waals surface area contributed by atoms with Crippen molar-refractivity contribution in [2.75, 3.05) is 33.0 Å². The molecule has 0 spiro atoms. The summed E-state index contributed by atoms with van der Waals surface area (Å²) in [7, 11) is -3.32. The number of ether oxygens (including phenoxy) is 6. The zero-order valence-electron chi connectivity index (χ0n) is 35.3. The Morgan fingerprint density at radius 3 is 2.25 bits per heavy atom. The molecule has 0 unspecified atom stereocenters. The molecule has 3 aliphatic heterocycles. The SMILES string of the molecule is CC(C)(C)[Si](C)(C)O[C@@H]1CO[C@H]2[C@@H]1OC[C@H]2Oc1nc2cc(Cl)c(-c3ccc(C4CCC(CC(=O)OC5CCOCC5)CC4)cc3)nc2n1COCC[Si](C)(C)C. The van der Waals surface area contributed by atoms with Gasteiger partial charge in [0, 0.05) is 39.5 Å². The molecule has 0 radical (unpaired) electrons. The predicted molar refractivity (Wildman–Crippen MR) is 227 cm³/mol. The number of rotatable bonds is 14. The summed E-state index contributed by atoms with van der Waals surface area (Å²) in [5.74, 6) is 0.783. The van der Waals surface area contributed by atoms with E-state index in [0.29, 0.717) is 79.2 Å². The van der Waals surface area contributed by atoms with Crippen molar-refractivity contribution >= 4 is 45.1 Å². The maximum atomic E-state index is 12.6. The molecule has 1 saturated carbocycles. The zero-order chi connectivity index (χ0) is 40.5. The highest BCUT2D eigenvalue weighted by Crippen LogP contribution is 2.42. The molecule has 3 saturated heterocycles. The van der Waals surface area contributed by atoms with Crippen LogP contribution in [0.4, 0.5) is 0 Å². The molecule has 5 heterocycles. The highest BCUT2D eigenvalue weighted by molar-refractivity contribution is 6.76. The molecule has 4 fully saturated rings. The molecule has 0 amide bonds. The smallest absolute Gasteiger partial charge is 0.306 e.